The van der Waals surface area contributed by atoms with Gasteiger partial charge in [0.25, 0.3) is 0 Å². The van der Waals surface area contributed by atoms with Crippen molar-refractivity contribution in [3.63, 3.8) is 0 Å². The van der Waals surface area contributed by atoms with Crippen LogP contribution in [0.2, 0.25) is 0 Å². The maximum atomic E-state index is 12.1. The van der Waals surface area contributed by atoms with Gasteiger partial charge in [-0.2, -0.15) is 5.10 Å². The molecule has 0 radical (unpaired) electrons. The maximum absolute atomic E-state index is 12.1. The van der Waals surface area contributed by atoms with Crippen molar-refractivity contribution in [1.29, 1.82) is 0 Å². The molecule has 2 N–H and O–H groups in total. The average molecular weight is 443 g/mol. The van der Waals surface area contributed by atoms with E-state index in [1.54, 1.807) is 48.9 Å². The van der Waals surface area contributed by atoms with E-state index in [0.29, 0.717) is 24.7 Å². The van der Waals surface area contributed by atoms with Gasteiger partial charge in [-0.05, 0) is 56.7 Å². The molecule has 0 aliphatic rings. The molecule has 0 aliphatic carbocycles. The third kappa shape index (κ3) is 5.88. The lowest BCUT2D eigenvalue weighted by molar-refractivity contribution is -0.120. The molecule has 3 rings (SSSR count). The highest BCUT2D eigenvalue weighted by atomic mass is 32.2. The summed E-state index contributed by atoms with van der Waals surface area (Å²) in [5.74, 6) is 1.08. The van der Waals surface area contributed by atoms with Crippen LogP contribution >= 0.6 is 0 Å². The minimum Gasteiger partial charge on any atom is -0.367 e. The quantitative estimate of drug-likeness (QED) is 0.486. The van der Waals surface area contributed by atoms with Gasteiger partial charge < -0.3 is 10.6 Å². The van der Waals surface area contributed by atoms with Gasteiger partial charge in [-0.1, -0.05) is 12.1 Å². The first kappa shape index (κ1) is 22.4. The topological polar surface area (TPSA) is 119 Å². The van der Waals surface area contributed by atoms with Gasteiger partial charge in [-0.15, -0.1) is 10.2 Å². The normalized spacial score (nSPS) is 11.5. The van der Waals surface area contributed by atoms with Gasteiger partial charge in [0.15, 0.2) is 15.7 Å². The Morgan fingerprint density at radius 3 is 2.35 bits per heavy atom. The number of aromatic nitrogens is 4. The Kier molecular flexibility index (Phi) is 7.01. The summed E-state index contributed by atoms with van der Waals surface area (Å²) in [5, 5.41) is 17.9. The van der Waals surface area contributed by atoms with Gasteiger partial charge in [0, 0.05) is 19.3 Å². The zero-order valence-corrected chi connectivity index (χ0v) is 18.6. The number of carbonyl (C=O) groups excluding carboxylic acids is 1. The van der Waals surface area contributed by atoms with Crippen molar-refractivity contribution in [3.05, 3.63) is 59.9 Å². The van der Waals surface area contributed by atoms with E-state index < -0.39 is 15.1 Å². The Morgan fingerprint density at radius 1 is 1.03 bits per heavy atom. The second-order valence-electron chi connectivity index (χ2n) is 7.37. The first-order chi connectivity index (χ1) is 14.8. The molecule has 0 atom stereocenters. The Morgan fingerprint density at radius 2 is 1.77 bits per heavy atom. The lowest BCUT2D eigenvalue weighted by atomic mass is 10.1. The molecule has 0 unspecified atom stereocenters. The second kappa shape index (κ2) is 9.69. The van der Waals surface area contributed by atoms with Crippen molar-refractivity contribution >= 4 is 21.6 Å². The van der Waals surface area contributed by atoms with Crippen LogP contribution < -0.4 is 10.6 Å². The largest absolute Gasteiger partial charge is 0.367 e. The number of rotatable bonds is 9. The van der Waals surface area contributed by atoms with Crippen LogP contribution in [-0.4, -0.2) is 52.6 Å². The van der Waals surface area contributed by atoms with E-state index in [1.165, 1.54) is 0 Å². The molecular weight excluding hydrogens is 416 g/mol. The van der Waals surface area contributed by atoms with Crippen molar-refractivity contribution in [2.24, 2.45) is 0 Å². The van der Waals surface area contributed by atoms with Crippen LogP contribution in [0.1, 0.15) is 25.1 Å². The molecule has 31 heavy (non-hydrogen) atoms. The zero-order valence-electron chi connectivity index (χ0n) is 17.7. The number of hydrogen-bond donors (Lipinski definition) is 2. The molecule has 0 saturated carbocycles. The first-order valence-corrected chi connectivity index (χ1v) is 11.5. The van der Waals surface area contributed by atoms with Crippen molar-refractivity contribution in [2.45, 2.75) is 37.3 Å². The van der Waals surface area contributed by atoms with E-state index in [0.717, 1.165) is 11.3 Å². The third-order valence-electron chi connectivity index (χ3n) is 4.60. The van der Waals surface area contributed by atoms with Crippen LogP contribution in [0.3, 0.4) is 0 Å². The molecule has 0 bridgehead atoms. The van der Waals surface area contributed by atoms with Crippen LogP contribution in [0.25, 0.3) is 5.82 Å². The summed E-state index contributed by atoms with van der Waals surface area (Å²) in [6.45, 7) is 6.10. The minimum atomic E-state index is -3.31. The molecule has 3 aromatic rings. The molecule has 2 aromatic heterocycles. The first-order valence-electron chi connectivity index (χ1n) is 9.95. The third-order valence-corrected chi connectivity index (χ3v) is 6.77. The minimum absolute atomic E-state index is 0.142. The smallest absolute Gasteiger partial charge is 0.224 e. The van der Waals surface area contributed by atoms with Crippen molar-refractivity contribution in [2.75, 3.05) is 18.4 Å². The van der Waals surface area contributed by atoms with Crippen molar-refractivity contribution < 1.29 is 13.2 Å². The lowest BCUT2D eigenvalue weighted by Crippen LogP contribution is -2.30. The van der Waals surface area contributed by atoms with Crippen molar-refractivity contribution in [1.82, 2.24) is 25.3 Å². The van der Waals surface area contributed by atoms with Crippen LogP contribution in [0.15, 0.2) is 53.6 Å². The standard InChI is InChI=1S/C21H26N6O3S/c1-15(2)31(29,30)18-6-4-17(5-7-18)14-21(28)23-12-11-22-19-8-9-20(25-24-19)27-13-10-16(3)26-27/h4-10,13,15H,11-12,14H2,1-3H3,(H,22,24)(H,23,28). The highest BCUT2D eigenvalue weighted by molar-refractivity contribution is 7.92. The number of nitrogens with zero attached hydrogens (tertiary/aromatic N) is 4. The molecule has 0 spiro atoms. The van der Waals surface area contributed by atoms with Gasteiger partial charge >= 0.3 is 0 Å². The van der Waals surface area contributed by atoms with E-state index in [4.69, 9.17) is 0 Å². The number of sulfone groups is 1. The summed E-state index contributed by atoms with van der Waals surface area (Å²) in [6, 6.07) is 11.9. The van der Waals surface area contributed by atoms with E-state index >= 15 is 0 Å². The summed E-state index contributed by atoms with van der Waals surface area (Å²) >= 11 is 0. The van der Waals surface area contributed by atoms with E-state index in [-0.39, 0.29) is 17.2 Å². The molecule has 1 amide bonds. The van der Waals surface area contributed by atoms with Gasteiger partial charge in [0.1, 0.15) is 5.82 Å². The van der Waals surface area contributed by atoms with Gasteiger partial charge in [0.2, 0.25) is 5.91 Å². The highest BCUT2D eigenvalue weighted by Gasteiger charge is 2.18. The summed E-state index contributed by atoms with van der Waals surface area (Å²) in [4.78, 5) is 12.4. The fourth-order valence-electron chi connectivity index (χ4n) is 2.79. The molecule has 0 saturated heterocycles. The molecule has 164 valence electrons. The van der Waals surface area contributed by atoms with Gasteiger partial charge in [0.05, 0.1) is 22.3 Å². The average Bonchev–Trinajstić information content (AvgIpc) is 3.18. The molecule has 0 fully saturated rings. The van der Waals surface area contributed by atoms with Gasteiger partial charge in [-0.25, -0.2) is 13.1 Å². The molecular formula is C21H26N6O3S. The fraction of sp³-hybridized carbons (Fsp3) is 0.333. The van der Waals surface area contributed by atoms with Crippen LogP contribution in [0, 0.1) is 6.92 Å². The number of carbonyl (C=O) groups is 1. The number of anilines is 1. The number of aryl methyl sites for hydroxylation is 1. The maximum Gasteiger partial charge on any atom is 0.224 e. The van der Waals surface area contributed by atoms with Gasteiger partial charge in [-0.3, -0.25) is 4.79 Å². The number of hydrogen-bond acceptors (Lipinski definition) is 7. The van der Waals surface area contributed by atoms with Crippen LogP contribution in [-0.2, 0) is 21.1 Å². The second-order valence-corrected chi connectivity index (χ2v) is 9.87. The summed E-state index contributed by atoms with van der Waals surface area (Å²) in [7, 11) is -3.31. The predicted octanol–water partition coefficient (Wildman–Crippen LogP) is 1.92. The lowest BCUT2D eigenvalue weighted by Gasteiger charge is -2.09. The molecule has 1 aromatic carbocycles. The Hall–Kier alpha value is -3.27. The SMILES string of the molecule is Cc1ccn(-c2ccc(NCCNC(=O)Cc3ccc(S(=O)(=O)C(C)C)cc3)nn2)n1. The molecule has 9 nitrogen and oxygen atoms in total. The summed E-state index contributed by atoms with van der Waals surface area (Å²) in [5.41, 5.74) is 1.65. The van der Waals surface area contributed by atoms with Crippen LogP contribution in [0.4, 0.5) is 5.82 Å². The summed E-state index contributed by atoms with van der Waals surface area (Å²) in [6.07, 6.45) is 2.00. The van der Waals surface area contributed by atoms with E-state index in [9.17, 15) is 13.2 Å². The highest BCUT2D eigenvalue weighted by Crippen LogP contribution is 2.16. The fourth-order valence-corrected chi connectivity index (χ4v) is 3.85. The molecule has 0 aliphatic heterocycles. The van der Waals surface area contributed by atoms with Crippen LogP contribution in [0.5, 0.6) is 0 Å². The monoisotopic (exact) mass is 442 g/mol. The Bertz CT molecular complexity index is 1120. The molecule has 2 heterocycles. The Balaban J connectivity index is 1.42. The Labute approximate surface area is 181 Å². The predicted molar refractivity (Wildman–Crippen MR) is 118 cm³/mol. The van der Waals surface area contributed by atoms with Crippen molar-refractivity contribution in [3.8, 4) is 5.82 Å². The number of benzene rings is 1. The molecule has 10 heteroatoms. The number of nitrogens with one attached hydrogen (secondary N) is 2. The summed E-state index contributed by atoms with van der Waals surface area (Å²) < 4.78 is 25.9. The van der Waals surface area contributed by atoms with E-state index in [1.807, 2.05) is 25.3 Å². The zero-order chi connectivity index (χ0) is 22.4. The number of amides is 1. The van der Waals surface area contributed by atoms with E-state index in [2.05, 4.69) is 25.9 Å².